The summed E-state index contributed by atoms with van der Waals surface area (Å²) in [6.07, 6.45) is 21.5. The van der Waals surface area contributed by atoms with Crippen LogP contribution in [0.1, 0.15) is 104 Å². The van der Waals surface area contributed by atoms with Crippen molar-refractivity contribution >= 4 is 11.7 Å². The second-order valence-electron chi connectivity index (χ2n) is 8.33. The molecule has 0 aromatic rings. The molecule has 1 unspecified atom stereocenters. The van der Waals surface area contributed by atoms with E-state index in [4.69, 9.17) is 0 Å². The first-order valence-electron chi connectivity index (χ1n) is 11.6. The molecule has 1 N–H and O–H groups in total. The first-order valence-corrected chi connectivity index (χ1v) is 11.6. The molecule has 0 aromatic carbocycles. The SMILES string of the molecule is CCCCCCCC/C=C/CCCCCCCC(=O)NC(CN(C)C)C(C)=O. The lowest BCUT2D eigenvalue weighted by molar-refractivity contribution is -0.127. The van der Waals surface area contributed by atoms with E-state index in [1.165, 1.54) is 77.6 Å². The summed E-state index contributed by atoms with van der Waals surface area (Å²) in [4.78, 5) is 25.5. The van der Waals surface area contributed by atoms with Crippen LogP contribution >= 0.6 is 0 Å². The van der Waals surface area contributed by atoms with Crippen molar-refractivity contribution in [1.82, 2.24) is 10.2 Å². The standard InChI is InChI=1S/C24H46N2O2/c1-5-6-7-8-9-10-11-12-13-14-15-16-17-18-19-20-24(28)25-23(22(2)27)21-26(3)4/h12-13,23H,5-11,14-21H2,1-4H3,(H,25,28)/b13-12+. The lowest BCUT2D eigenvalue weighted by Gasteiger charge is -2.19. The number of carbonyl (C=O) groups is 2. The minimum atomic E-state index is -0.384. The monoisotopic (exact) mass is 394 g/mol. The average Bonchev–Trinajstić information content (AvgIpc) is 2.64. The van der Waals surface area contributed by atoms with E-state index >= 15 is 0 Å². The number of Topliss-reactive ketones (excluding diaryl/α,β-unsaturated/α-hetero) is 1. The summed E-state index contributed by atoms with van der Waals surface area (Å²) in [5, 5.41) is 2.86. The highest BCUT2D eigenvalue weighted by Gasteiger charge is 2.17. The zero-order valence-corrected chi connectivity index (χ0v) is 19.1. The summed E-state index contributed by atoms with van der Waals surface area (Å²) in [5.74, 6) is 0.0197. The maximum absolute atomic E-state index is 12.0. The molecule has 0 rings (SSSR count). The molecular formula is C24H46N2O2. The molecule has 0 aromatic heterocycles. The molecule has 0 aliphatic heterocycles. The summed E-state index contributed by atoms with van der Waals surface area (Å²) in [6, 6.07) is -0.384. The Morgan fingerprint density at radius 3 is 1.82 bits per heavy atom. The van der Waals surface area contributed by atoms with Gasteiger partial charge in [-0.2, -0.15) is 0 Å². The number of carbonyl (C=O) groups excluding carboxylic acids is 2. The highest BCUT2D eigenvalue weighted by atomic mass is 16.2. The number of nitrogens with one attached hydrogen (secondary N) is 1. The second-order valence-corrected chi connectivity index (χ2v) is 8.33. The fourth-order valence-electron chi connectivity index (χ4n) is 3.26. The Bertz CT molecular complexity index is 419. The van der Waals surface area contributed by atoms with E-state index in [9.17, 15) is 9.59 Å². The van der Waals surface area contributed by atoms with E-state index in [0.717, 1.165) is 12.8 Å². The average molecular weight is 395 g/mol. The summed E-state index contributed by atoms with van der Waals surface area (Å²) < 4.78 is 0. The molecule has 0 radical (unpaired) electrons. The van der Waals surface area contributed by atoms with Crippen molar-refractivity contribution in [2.45, 2.75) is 110 Å². The third-order valence-electron chi connectivity index (χ3n) is 5.04. The molecule has 4 heteroatoms. The van der Waals surface area contributed by atoms with Crippen LogP contribution in [0.5, 0.6) is 0 Å². The van der Waals surface area contributed by atoms with Crippen LogP contribution in [0, 0.1) is 0 Å². The van der Waals surface area contributed by atoms with Crippen LogP contribution in [0.2, 0.25) is 0 Å². The molecule has 0 aliphatic rings. The molecule has 164 valence electrons. The largest absolute Gasteiger partial charge is 0.345 e. The molecule has 0 saturated heterocycles. The molecule has 0 bridgehead atoms. The van der Waals surface area contributed by atoms with Crippen LogP contribution in [-0.4, -0.2) is 43.3 Å². The molecule has 0 spiro atoms. The number of ketones is 1. The number of hydrogen-bond donors (Lipinski definition) is 1. The molecule has 4 nitrogen and oxygen atoms in total. The lowest BCUT2D eigenvalue weighted by Crippen LogP contribution is -2.46. The predicted octanol–water partition coefficient (Wildman–Crippen LogP) is 5.66. The molecule has 0 fully saturated rings. The van der Waals surface area contributed by atoms with Gasteiger partial charge in [-0.3, -0.25) is 9.59 Å². The van der Waals surface area contributed by atoms with Gasteiger partial charge in [-0.15, -0.1) is 0 Å². The molecule has 28 heavy (non-hydrogen) atoms. The number of hydrogen-bond acceptors (Lipinski definition) is 3. The molecule has 0 heterocycles. The highest BCUT2D eigenvalue weighted by molar-refractivity contribution is 5.87. The van der Waals surface area contributed by atoms with Gasteiger partial charge in [0.15, 0.2) is 5.78 Å². The first kappa shape index (κ1) is 26.8. The van der Waals surface area contributed by atoms with Crippen molar-refractivity contribution in [2.24, 2.45) is 0 Å². The zero-order valence-electron chi connectivity index (χ0n) is 19.1. The maximum Gasteiger partial charge on any atom is 0.220 e. The van der Waals surface area contributed by atoms with Crippen LogP contribution in [0.4, 0.5) is 0 Å². The van der Waals surface area contributed by atoms with Gasteiger partial charge in [-0.05, 0) is 53.1 Å². The van der Waals surface area contributed by atoms with Crippen LogP contribution in [0.25, 0.3) is 0 Å². The van der Waals surface area contributed by atoms with Gasteiger partial charge in [0, 0.05) is 13.0 Å². The van der Waals surface area contributed by atoms with Crippen LogP contribution in [-0.2, 0) is 9.59 Å². The van der Waals surface area contributed by atoms with E-state index < -0.39 is 0 Å². The molecule has 0 aliphatic carbocycles. The van der Waals surface area contributed by atoms with Crippen molar-refractivity contribution in [3.63, 3.8) is 0 Å². The number of nitrogens with zero attached hydrogens (tertiary/aromatic N) is 1. The number of rotatable bonds is 19. The minimum Gasteiger partial charge on any atom is -0.345 e. The zero-order chi connectivity index (χ0) is 21.0. The minimum absolute atomic E-state index is 0.000299. The van der Waals surface area contributed by atoms with Crippen LogP contribution in [0.3, 0.4) is 0 Å². The van der Waals surface area contributed by atoms with Crippen LogP contribution in [0.15, 0.2) is 12.2 Å². The van der Waals surface area contributed by atoms with Gasteiger partial charge >= 0.3 is 0 Å². The normalized spacial score (nSPS) is 12.6. The molecule has 1 atom stereocenters. The van der Waals surface area contributed by atoms with Gasteiger partial charge in [-0.25, -0.2) is 0 Å². The van der Waals surface area contributed by atoms with E-state index in [-0.39, 0.29) is 17.7 Å². The number of amides is 1. The Morgan fingerprint density at radius 2 is 1.32 bits per heavy atom. The van der Waals surface area contributed by atoms with Gasteiger partial charge in [0.25, 0.3) is 0 Å². The van der Waals surface area contributed by atoms with Crippen LogP contribution < -0.4 is 5.32 Å². The number of allylic oxidation sites excluding steroid dienone is 2. The van der Waals surface area contributed by atoms with Crippen molar-refractivity contribution in [3.8, 4) is 0 Å². The summed E-state index contributed by atoms with van der Waals surface area (Å²) >= 11 is 0. The van der Waals surface area contributed by atoms with E-state index in [1.54, 1.807) is 0 Å². The third-order valence-corrected chi connectivity index (χ3v) is 5.04. The predicted molar refractivity (Wildman–Crippen MR) is 121 cm³/mol. The Kier molecular flexibility index (Phi) is 18.4. The topological polar surface area (TPSA) is 49.4 Å². The molecule has 1 amide bonds. The third kappa shape index (κ3) is 18.2. The Balaban J connectivity index is 3.50. The smallest absolute Gasteiger partial charge is 0.220 e. The van der Waals surface area contributed by atoms with E-state index in [0.29, 0.717) is 13.0 Å². The Labute approximate surface area is 174 Å². The Hall–Kier alpha value is -1.16. The second kappa shape index (κ2) is 19.2. The number of likely N-dealkylation sites (N-methyl/N-ethyl adjacent to an activating group) is 1. The van der Waals surface area contributed by atoms with E-state index in [1.807, 2.05) is 19.0 Å². The van der Waals surface area contributed by atoms with E-state index in [2.05, 4.69) is 24.4 Å². The van der Waals surface area contributed by atoms with Gasteiger partial charge in [-0.1, -0.05) is 70.4 Å². The first-order chi connectivity index (χ1) is 13.5. The van der Waals surface area contributed by atoms with Gasteiger partial charge in [0.2, 0.25) is 5.91 Å². The lowest BCUT2D eigenvalue weighted by atomic mass is 10.1. The summed E-state index contributed by atoms with van der Waals surface area (Å²) in [6.45, 7) is 4.36. The van der Waals surface area contributed by atoms with Crippen molar-refractivity contribution in [1.29, 1.82) is 0 Å². The maximum atomic E-state index is 12.0. The van der Waals surface area contributed by atoms with Crippen molar-refractivity contribution < 1.29 is 9.59 Å². The molecule has 0 saturated carbocycles. The Morgan fingerprint density at radius 1 is 0.821 bits per heavy atom. The highest BCUT2D eigenvalue weighted by Crippen LogP contribution is 2.10. The summed E-state index contributed by atoms with van der Waals surface area (Å²) in [7, 11) is 3.82. The number of unbranched alkanes of at least 4 members (excludes halogenated alkanes) is 11. The van der Waals surface area contributed by atoms with Crippen molar-refractivity contribution in [2.75, 3.05) is 20.6 Å². The summed E-state index contributed by atoms with van der Waals surface area (Å²) in [5.41, 5.74) is 0. The fourth-order valence-corrected chi connectivity index (χ4v) is 3.26. The van der Waals surface area contributed by atoms with Gasteiger partial charge in [0.1, 0.15) is 0 Å². The van der Waals surface area contributed by atoms with Gasteiger partial charge in [0.05, 0.1) is 6.04 Å². The quantitative estimate of drug-likeness (QED) is 0.227. The fraction of sp³-hybridized carbons (Fsp3) is 0.833. The van der Waals surface area contributed by atoms with Crippen molar-refractivity contribution in [3.05, 3.63) is 12.2 Å². The molecular weight excluding hydrogens is 348 g/mol. The van der Waals surface area contributed by atoms with Gasteiger partial charge < -0.3 is 10.2 Å².